The first-order valence-corrected chi connectivity index (χ1v) is 19.7. The molecule has 0 aliphatic carbocycles. The number of ether oxygens (including phenoxy) is 2. The molecule has 0 aromatic rings. The molecule has 0 bridgehead atoms. The summed E-state index contributed by atoms with van der Waals surface area (Å²) in [5.41, 5.74) is 5.93. The Labute approximate surface area is 284 Å². The second-order valence-corrected chi connectivity index (χ2v) is 13.7. The van der Waals surface area contributed by atoms with Crippen LogP contribution in [0.25, 0.3) is 0 Å². The molecule has 0 spiro atoms. The van der Waals surface area contributed by atoms with Gasteiger partial charge in [-0.3, -0.25) is 14.4 Å². The van der Waals surface area contributed by atoms with Gasteiger partial charge in [-0.2, -0.15) is 0 Å². The molecule has 7 nitrogen and oxygen atoms in total. The fourth-order valence-corrected chi connectivity index (χ4v) is 6.08. The largest absolute Gasteiger partial charge is 0.464 e. The minimum Gasteiger partial charge on any atom is -0.464 e. The van der Waals surface area contributed by atoms with E-state index in [0.29, 0.717) is 0 Å². The van der Waals surface area contributed by atoms with Gasteiger partial charge >= 0.3 is 11.9 Å². The molecule has 0 aliphatic heterocycles. The molecule has 46 heavy (non-hydrogen) atoms. The lowest BCUT2D eigenvalue weighted by Gasteiger charge is -2.25. The van der Waals surface area contributed by atoms with Crippen LogP contribution >= 0.6 is 0 Å². The maximum Gasteiger partial charge on any atom is 0.308 e. The van der Waals surface area contributed by atoms with Crippen molar-refractivity contribution in [2.75, 3.05) is 26.3 Å². The van der Waals surface area contributed by atoms with Gasteiger partial charge in [0.15, 0.2) is 0 Å². The van der Waals surface area contributed by atoms with Gasteiger partial charge < -0.3 is 20.1 Å². The number of hydrogen-bond donors (Lipinski definition) is 1. The molecule has 0 saturated carbocycles. The lowest BCUT2D eigenvalue weighted by atomic mass is 9.95. The van der Waals surface area contributed by atoms with Crippen LogP contribution in [-0.4, -0.2) is 55.1 Å². The van der Waals surface area contributed by atoms with Gasteiger partial charge in [0.05, 0.1) is 31.0 Å². The number of esters is 2. The maximum atomic E-state index is 13.0. The van der Waals surface area contributed by atoms with Crippen LogP contribution in [0.2, 0.25) is 0 Å². The van der Waals surface area contributed by atoms with Gasteiger partial charge in [-0.1, -0.05) is 156 Å². The Bertz CT molecular complexity index is 679. The number of nitrogens with two attached hydrogens (primary N) is 1. The third kappa shape index (κ3) is 24.5. The molecule has 2 N–H and O–H groups in total. The molecule has 0 radical (unpaired) electrons. The topological polar surface area (TPSA) is 98.9 Å². The van der Waals surface area contributed by atoms with Crippen molar-refractivity contribution in [1.29, 1.82) is 0 Å². The van der Waals surface area contributed by atoms with Crippen LogP contribution in [0.1, 0.15) is 189 Å². The Morgan fingerprint density at radius 1 is 0.500 bits per heavy atom. The van der Waals surface area contributed by atoms with E-state index in [1.165, 1.54) is 77.0 Å². The molecule has 0 aliphatic rings. The molecule has 0 fully saturated rings. The Morgan fingerprint density at radius 3 is 1.13 bits per heavy atom. The van der Waals surface area contributed by atoms with Crippen LogP contribution in [0, 0.1) is 11.8 Å². The first-order chi connectivity index (χ1) is 22.3. The summed E-state index contributed by atoms with van der Waals surface area (Å²) < 4.78 is 11.4. The highest BCUT2D eigenvalue weighted by atomic mass is 16.5. The number of carbonyl (C=O) groups is 3. The number of amides is 1. The monoisotopic (exact) mass is 653 g/mol. The Morgan fingerprint density at radius 2 is 0.804 bits per heavy atom. The van der Waals surface area contributed by atoms with E-state index in [-0.39, 0.29) is 56.0 Å². The fourth-order valence-electron chi connectivity index (χ4n) is 6.08. The Hall–Kier alpha value is -1.63. The average molecular weight is 653 g/mol. The lowest BCUT2D eigenvalue weighted by Crippen LogP contribution is -2.45. The summed E-state index contributed by atoms with van der Waals surface area (Å²) in [6.07, 6.45) is 27.5. The van der Waals surface area contributed by atoms with E-state index in [9.17, 15) is 14.4 Å². The van der Waals surface area contributed by atoms with Gasteiger partial charge in [-0.05, 0) is 32.6 Å². The SMILES string of the molecule is CCCCCCCCCCC(CCCC)C(=O)OCCN(CCOC(=O)C(CCCC)CCCCCCCCCC)C(=O)C(C)N. The van der Waals surface area contributed by atoms with Crippen molar-refractivity contribution >= 4 is 17.8 Å². The summed E-state index contributed by atoms with van der Waals surface area (Å²) in [4.78, 5) is 40.4. The molecule has 0 saturated heterocycles. The number of nitrogens with zero attached hydrogens (tertiary/aromatic N) is 1. The van der Waals surface area contributed by atoms with E-state index in [0.717, 1.165) is 77.0 Å². The zero-order valence-corrected chi connectivity index (χ0v) is 31.1. The van der Waals surface area contributed by atoms with Crippen molar-refractivity contribution in [3.63, 3.8) is 0 Å². The Kier molecular flexibility index (Phi) is 30.8. The molecule has 3 unspecified atom stereocenters. The molecule has 0 heterocycles. The van der Waals surface area contributed by atoms with E-state index in [2.05, 4.69) is 27.7 Å². The zero-order chi connectivity index (χ0) is 34.3. The first kappa shape index (κ1) is 44.4. The normalized spacial score (nSPS) is 13.3. The molecule has 3 atom stereocenters. The van der Waals surface area contributed by atoms with Gasteiger partial charge in [-0.25, -0.2) is 0 Å². The van der Waals surface area contributed by atoms with Crippen molar-refractivity contribution in [2.24, 2.45) is 17.6 Å². The van der Waals surface area contributed by atoms with Crippen LogP contribution in [0.4, 0.5) is 0 Å². The molecule has 0 aromatic carbocycles. The molecule has 272 valence electrons. The van der Waals surface area contributed by atoms with Crippen molar-refractivity contribution in [3.8, 4) is 0 Å². The summed E-state index contributed by atoms with van der Waals surface area (Å²) in [6, 6.07) is -0.676. The zero-order valence-electron chi connectivity index (χ0n) is 31.1. The van der Waals surface area contributed by atoms with E-state index in [4.69, 9.17) is 15.2 Å². The van der Waals surface area contributed by atoms with Crippen LogP contribution in [0.3, 0.4) is 0 Å². The van der Waals surface area contributed by atoms with Crippen molar-refractivity contribution in [2.45, 2.75) is 195 Å². The van der Waals surface area contributed by atoms with Gasteiger partial charge in [-0.15, -0.1) is 0 Å². The minimum absolute atomic E-state index is 0.0836. The van der Waals surface area contributed by atoms with Gasteiger partial charge in [0, 0.05) is 0 Å². The lowest BCUT2D eigenvalue weighted by molar-refractivity contribution is -0.152. The summed E-state index contributed by atoms with van der Waals surface area (Å²) in [6.45, 7) is 11.2. The predicted octanol–water partition coefficient (Wildman–Crippen LogP) is 9.92. The number of carbonyl (C=O) groups excluding carboxylic acids is 3. The molecule has 0 rings (SSSR count). The summed E-state index contributed by atoms with van der Waals surface area (Å²) in [5, 5.41) is 0. The standard InChI is InChI=1S/C39H76N2O5/c1-6-10-14-16-18-20-22-24-28-35(26-12-8-3)38(43)45-32-30-41(37(42)34(5)40)31-33-46-39(44)36(27-13-9-4)29-25-23-21-19-17-15-11-7-2/h34-36H,6-33,40H2,1-5H3. The fraction of sp³-hybridized carbons (Fsp3) is 0.923. The third-order valence-corrected chi connectivity index (χ3v) is 9.20. The van der Waals surface area contributed by atoms with Crippen molar-refractivity contribution in [3.05, 3.63) is 0 Å². The maximum absolute atomic E-state index is 13.0. The van der Waals surface area contributed by atoms with E-state index < -0.39 is 6.04 Å². The molecular formula is C39H76N2O5. The smallest absolute Gasteiger partial charge is 0.308 e. The van der Waals surface area contributed by atoms with Crippen molar-refractivity contribution < 1.29 is 23.9 Å². The number of unbranched alkanes of at least 4 members (excludes halogenated alkanes) is 16. The highest BCUT2D eigenvalue weighted by molar-refractivity contribution is 5.81. The summed E-state index contributed by atoms with van der Waals surface area (Å²) >= 11 is 0. The second-order valence-electron chi connectivity index (χ2n) is 13.7. The molecule has 7 heteroatoms. The highest BCUT2D eigenvalue weighted by Crippen LogP contribution is 2.21. The Balaban J connectivity index is 4.73. The predicted molar refractivity (Wildman–Crippen MR) is 193 cm³/mol. The minimum atomic E-state index is -0.676. The number of rotatable bonds is 33. The van der Waals surface area contributed by atoms with E-state index in [1.807, 2.05) is 0 Å². The van der Waals surface area contributed by atoms with Gasteiger partial charge in [0.2, 0.25) is 5.91 Å². The molecule has 1 amide bonds. The van der Waals surface area contributed by atoms with Crippen LogP contribution in [0.5, 0.6) is 0 Å². The molecular weight excluding hydrogens is 576 g/mol. The van der Waals surface area contributed by atoms with E-state index in [1.54, 1.807) is 11.8 Å². The van der Waals surface area contributed by atoms with Crippen LogP contribution in [0.15, 0.2) is 0 Å². The van der Waals surface area contributed by atoms with E-state index >= 15 is 0 Å². The van der Waals surface area contributed by atoms with Crippen molar-refractivity contribution in [1.82, 2.24) is 4.90 Å². The second kappa shape index (κ2) is 31.9. The summed E-state index contributed by atoms with van der Waals surface area (Å²) in [5.74, 6) is -0.707. The quantitative estimate of drug-likeness (QED) is 0.0560. The van der Waals surface area contributed by atoms with Crippen LogP contribution in [-0.2, 0) is 23.9 Å². The van der Waals surface area contributed by atoms with Gasteiger partial charge in [0.25, 0.3) is 0 Å². The third-order valence-electron chi connectivity index (χ3n) is 9.20. The van der Waals surface area contributed by atoms with Gasteiger partial charge in [0.1, 0.15) is 13.2 Å². The van der Waals surface area contributed by atoms with Crippen LogP contribution < -0.4 is 5.73 Å². The molecule has 0 aromatic heterocycles. The summed E-state index contributed by atoms with van der Waals surface area (Å²) in [7, 11) is 0. The highest BCUT2D eigenvalue weighted by Gasteiger charge is 2.23. The first-order valence-electron chi connectivity index (χ1n) is 19.7. The average Bonchev–Trinajstić information content (AvgIpc) is 3.04. The number of hydrogen-bond acceptors (Lipinski definition) is 6.